The zero-order chi connectivity index (χ0) is 15.4. The molecule has 1 aromatic carbocycles. The topological polar surface area (TPSA) is 44.1 Å². The number of nitrogens with zero attached hydrogens (tertiary/aromatic N) is 2. The van der Waals surface area contributed by atoms with Crippen LogP contribution in [0.2, 0.25) is 0 Å². The smallest absolute Gasteiger partial charge is 0.261 e. The molecule has 0 bridgehead atoms. The van der Waals surface area contributed by atoms with Crippen molar-refractivity contribution in [1.82, 2.24) is 9.55 Å². The summed E-state index contributed by atoms with van der Waals surface area (Å²) in [4.78, 5) is 17.4. The fraction of sp³-hybridized carbons (Fsp3) is 0.500. The molecule has 0 amide bonds. The van der Waals surface area contributed by atoms with E-state index in [9.17, 15) is 4.79 Å². The predicted molar refractivity (Wildman–Crippen MR) is 86.1 cm³/mol. The van der Waals surface area contributed by atoms with Crippen LogP contribution in [0.3, 0.4) is 0 Å². The van der Waals surface area contributed by atoms with E-state index in [0.717, 1.165) is 12.8 Å². The van der Waals surface area contributed by atoms with Crippen LogP contribution in [-0.2, 0) is 4.74 Å². The third-order valence-corrected chi connectivity index (χ3v) is 3.73. The highest BCUT2D eigenvalue weighted by atomic mass is 35.5. The molecule has 5 heteroatoms. The Morgan fingerprint density at radius 2 is 2.10 bits per heavy atom. The molecule has 0 radical (unpaired) electrons. The first kappa shape index (κ1) is 16.0. The lowest BCUT2D eigenvalue weighted by molar-refractivity contribution is 0.147. The molecule has 2 aromatic rings. The van der Waals surface area contributed by atoms with Gasteiger partial charge in [-0.25, -0.2) is 4.98 Å². The van der Waals surface area contributed by atoms with Gasteiger partial charge in [0.25, 0.3) is 5.56 Å². The molecule has 0 saturated heterocycles. The first-order valence-corrected chi connectivity index (χ1v) is 7.68. The fourth-order valence-corrected chi connectivity index (χ4v) is 2.76. The van der Waals surface area contributed by atoms with Gasteiger partial charge in [-0.15, -0.1) is 11.6 Å². The fourth-order valence-electron chi connectivity index (χ4n) is 2.61. The molecule has 0 saturated carbocycles. The molecule has 2 rings (SSSR count). The second-order valence-corrected chi connectivity index (χ2v) is 5.83. The Labute approximate surface area is 129 Å². The summed E-state index contributed by atoms with van der Waals surface area (Å²) in [7, 11) is 1.64. The maximum absolute atomic E-state index is 12.9. The molecule has 2 atom stereocenters. The Hall–Kier alpha value is -1.39. The van der Waals surface area contributed by atoms with Crippen LogP contribution in [0.15, 0.2) is 29.1 Å². The van der Waals surface area contributed by atoms with Crippen LogP contribution in [0.1, 0.15) is 43.9 Å². The second-order valence-electron chi connectivity index (χ2n) is 5.18. The molecular formula is C16H21ClN2O2. The van der Waals surface area contributed by atoms with Gasteiger partial charge in [-0.1, -0.05) is 25.5 Å². The number of alkyl halides is 1. The lowest BCUT2D eigenvalue weighted by atomic mass is 10.1. The lowest BCUT2D eigenvalue weighted by Gasteiger charge is -2.23. The lowest BCUT2D eigenvalue weighted by Crippen LogP contribution is -2.31. The first-order valence-electron chi connectivity index (χ1n) is 7.24. The van der Waals surface area contributed by atoms with Gasteiger partial charge in [0.05, 0.1) is 28.9 Å². The largest absolute Gasteiger partial charge is 0.383 e. The summed E-state index contributed by atoms with van der Waals surface area (Å²) in [5.74, 6) is 0.607. The van der Waals surface area contributed by atoms with E-state index in [1.54, 1.807) is 17.7 Å². The van der Waals surface area contributed by atoms with Crippen LogP contribution in [0.5, 0.6) is 0 Å². The Bertz CT molecular complexity index is 661. The molecule has 0 aliphatic carbocycles. The third kappa shape index (κ3) is 3.27. The van der Waals surface area contributed by atoms with Gasteiger partial charge >= 0.3 is 0 Å². The molecule has 1 heterocycles. The van der Waals surface area contributed by atoms with Crippen LogP contribution in [0.25, 0.3) is 10.9 Å². The summed E-state index contributed by atoms with van der Waals surface area (Å²) in [6.45, 7) is 4.40. The number of methoxy groups -OCH3 is 1. The highest BCUT2D eigenvalue weighted by Crippen LogP contribution is 2.24. The zero-order valence-electron chi connectivity index (χ0n) is 12.7. The summed E-state index contributed by atoms with van der Waals surface area (Å²) in [6, 6.07) is 7.33. The third-order valence-electron chi connectivity index (χ3n) is 3.54. The number of ether oxygens (including phenoxy) is 1. The van der Waals surface area contributed by atoms with Crippen molar-refractivity contribution in [2.75, 3.05) is 13.7 Å². The average Bonchev–Trinajstić information content (AvgIpc) is 2.47. The molecule has 0 N–H and O–H groups in total. The van der Waals surface area contributed by atoms with Gasteiger partial charge in [-0.2, -0.15) is 0 Å². The normalized spacial score (nSPS) is 14.3. The number of aromatic nitrogens is 2. The van der Waals surface area contributed by atoms with Crippen molar-refractivity contribution in [1.29, 1.82) is 0 Å². The van der Waals surface area contributed by atoms with Crippen molar-refractivity contribution in [3.05, 3.63) is 40.4 Å². The number of fused-ring (bicyclic) bond motifs is 1. The van der Waals surface area contributed by atoms with Crippen LogP contribution < -0.4 is 5.56 Å². The maximum Gasteiger partial charge on any atom is 0.261 e. The van der Waals surface area contributed by atoms with Gasteiger partial charge in [0.2, 0.25) is 0 Å². The molecular weight excluding hydrogens is 288 g/mol. The highest BCUT2D eigenvalue weighted by molar-refractivity contribution is 6.20. The monoisotopic (exact) mass is 308 g/mol. The molecule has 2 unspecified atom stereocenters. The summed E-state index contributed by atoms with van der Waals surface area (Å²) < 4.78 is 7.00. The van der Waals surface area contributed by atoms with Gasteiger partial charge in [0.15, 0.2) is 0 Å². The van der Waals surface area contributed by atoms with E-state index < -0.39 is 0 Å². The van der Waals surface area contributed by atoms with Crippen molar-refractivity contribution in [2.45, 2.75) is 38.1 Å². The standard InChI is InChI=1S/C16H21ClN2O2/c1-4-7-12(10-21-3)19-15(11(2)17)18-14-9-6-5-8-13(14)16(19)20/h5-6,8-9,11-12H,4,7,10H2,1-3H3. The molecule has 1 aromatic heterocycles. The number of para-hydroxylation sites is 1. The summed E-state index contributed by atoms with van der Waals surface area (Å²) in [5, 5.41) is 0.286. The van der Waals surface area contributed by atoms with Crippen molar-refractivity contribution in [2.24, 2.45) is 0 Å². The number of benzene rings is 1. The Balaban J connectivity index is 2.71. The molecule has 21 heavy (non-hydrogen) atoms. The van der Waals surface area contributed by atoms with Crippen molar-refractivity contribution in [3.63, 3.8) is 0 Å². The number of hydrogen-bond acceptors (Lipinski definition) is 3. The SMILES string of the molecule is CCCC(COC)n1c(C(C)Cl)nc2ccccc2c1=O. The van der Waals surface area contributed by atoms with Crippen LogP contribution in [0, 0.1) is 0 Å². The van der Waals surface area contributed by atoms with Gasteiger partial charge in [-0.05, 0) is 25.5 Å². The molecule has 0 aliphatic heterocycles. The van der Waals surface area contributed by atoms with E-state index in [1.807, 2.05) is 25.1 Å². The molecule has 4 nitrogen and oxygen atoms in total. The van der Waals surface area contributed by atoms with Crippen molar-refractivity contribution < 1.29 is 4.74 Å². The molecule has 0 aliphatic rings. The highest BCUT2D eigenvalue weighted by Gasteiger charge is 2.21. The minimum atomic E-state index is -0.335. The van der Waals surface area contributed by atoms with E-state index in [1.165, 1.54) is 0 Å². The second kappa shape index (κ2) is 7.05. The van der Waals surface area contributed by atoms with Crippen LogP contribution >= 0.6 is 11.6 Å². The summed E-state index contributed by atoms with van der Waals surface area (Å²) in [6.07, 6.45) is 1.81. The molecule has 0 fully saturated rings. The van der Waals surface area contributed by atoms with E-state index >= 15 is 0 Å². The van der Waals surface area contributed by atoms with Gasteiger partial charge < -0.3 is 4.74 Å². The van der Waals surface area contributed by atoms with Crippen LogP contribution in [0.4, 0.5) is 0 Å². The van der Waals surface area contributed by atoms with Gasteiger partial charge in [0, 0.05) is 7.11 Å². The number of halogens is 1. The Morgan fingerprint density at radius 1 is 1.38 bits per heavy atom. The van der Waals surface area contributed by atoms with E-state index in [-0.39, 0.29) is 17.0 Å². The van der Waals surface area contributed by atoms with Crippen molar-refractivity contribution in [3.8, 4) is 0 Å². The van der Waals surface area contributed by atoms with Crippen molar-refractivity contribution >= 4 is 22.5 Å². The van der Waals surface area contributed by atoms with Gasteiger partial charge in [-0.3, -0.25) is 9.36 Å². The maximum atomic E-state index is 12.9. The Kier molecular flexibility index (Phi) is 5.37. The molecule has 114 valence electrons. The zero-order valence-corrected chi connectivity index (χ0v) is 13.4. The average molecular weight is 309 g/mol. The van der Waals surface area contributed by atoms with Crippen LogP contribution in [-0.4, -0.2) is 23.3 Å². The van der Waals surface area contributed by atoms with E-state index in [0.29, 0.717) is 23.3 Å². The minimum absolute atomic E-state index is 0.0409. The quantitative estimate of drug-likeness (QED) is 0.765. The summed E-state index contributed by atoms with van der Waals surface area (Å²) in [5.41, 5.74) is 0.646. The van der Waals surface area contributed by atoms with E-state index in [2.05, 4.69) is 11.9 Å². The van der Waals surface area contributed by atoms with Gasteiger partial charge in [0.1, 0.15) is 5.82 Å². The summed E-state index contributed by atoms with van der Waals surface area (Å²) >= 11 is 6.26. The Morgan fingerprint density at radius 3 is 2.71 bits per heavy atom. The predicted octanol–water partition coefficient (Wildman–Crippen LogP) is 3.68. The minimum Gasteiger partial charge on any atom is -0.383 e. The number of rotatable bonds is 6. The number of hydrogen-bond donors (Lipinski definition) is 0. The molecule has 0 spiro atoms. The van der Waals surface area contributed by atoms with E-state index in [4.69, 9.17) is 16.3 Å². The first-order chi connectivity index (χ1) is 10.1.